The second kappa shape index (κ2) is 8.10. The van der Waals surface area contributed by atoms with Crippen molar-refractivity contribution in [3.05, 3.63) is 24.3 Å². The second-order valence-electron chi connectivity index (χ2n) is 4.80. The van der Waals surface area contributed by atoms with E-state index in [0.717, 1.165) is 38.3 Å². The maximum atomic E-state index is 11.4. The minimum Gasteiger partial charge on any atom is -0.339 e. The Balaban J connectivity index is 2.14. The SMILES string of the molecule is CCC=CCCC=CCN(CC1CC1)C(C)=O. The lowest BCUT2D eigenvalue weighted by atomic mass is 10.2. The first-order chi connectivity index (χ1) is 8.24. The Labute approximate surface area is 105 Å². The van der Waals surface area contributed by atoms with Crippen molar-refractivity contribution >= 4 is 5.91 Å². The molecule has 0 aliphatic heterocycles. The normalized spacial score (nSPS) is 15.9. The standard InChI is InChI=1S/C15H25NO/c1-3-4-5-6-7-8-9-12-16(14(2)17)13-15-10-11-15/h4-5,8-9,15H,3,6-7,10-13H2,1-2H3. The molecule has 1 fully saturated rings. The fourth-order valence-corrected chi connectivity index (χ4v) is 1.74. The summed E-state index contributed by atoms with van der Waals surface area (Å²) in [5.41, 5.74) is 0. The molecule has 0 spiro atoms. The number of unbranched alkanes of at least 4 members (excludes halogenated alkanes) is 1. The van der Waals surface area contributed by atoms with E-state index in [1.165, 1.54) is 12.8 Å². The summed E-state index contributed by atoms with van der Waals surface area (Å²) in [6.07, 6.45) is 14.6. The van der Waals surface area contributed by atoms with Crippen LogP contribution in [-0.4, -0.2) is 23.9 Å². The number of allylic oxidation sites excluding steroid dienone is 3. The van der Waals surface area contributed by atoms with Gasteiger partial charge in [-0.05, 0) is 38.0 Å². The number of nitrogens with zero attached hydrogens (tertiary/aromatic N) is 1. The van der Waals surface area contributed by atoms with Gasteiger partial charge < -0.3 is 4.90 Å². The minimum absolute atomic E-state index is 0.201. The highest BCUT2D eigenvalue weighted by molar-refractivity contribution is 5.73. The van der Waals surface area contributed by atoms with Crippen LogP contribution in [0.1, 0.15) is 46.0 Å². The molecule has 0 aromatic rings. The molecule has 0 unspecified atom stereocenters. The van der Waals surface area contributed by atoms with Crippen molar-refractivity contribution in [2.24, 2.45) is 5.92 Å². The van der Waals surface area contributed by atoms with E-state index in [2.05, 4.69) is 31.2 Å². The van der Waals surface area contributed by atoms with E-state index in [-0.39, 0.29) is 5.91 Å². The van der Waals surface area contributed by atoms with Gasteiger partial charge in [0, 0.05) is 20.0 Å². The summed E-state index contributed by atoms with van der Waals surface area (Å²) in [5.74, 6) is 0.979. The van der Waals surface area contributed by atoms with Crippen LogP contribution in [-0.2, 0) is 4.79 Å². The molecule has 0 aromatic carbocycles. The summed E-state index contributed by atoms with van der Waals surface area (Å²) < 4.78 is 0. The van der Waals surface area contributed by atoms with Crippen molar-refractivity contribution in [1.29, 1.82) is 0 Å². The predicted molar refractivity (Wildman–Crippen MR) is 72.8 cm³/mol. The van der Waals surface area contributed by atoms with Crippen molar-refractivity contribution in [3.8, 4) is 0 Å². The van der Waals surface area contributed by atoms with E-state index in [4.69, 9.17) is 0 Å². The first kappa shape index (κ1) is 14.0. The third-order valence-corrected chi connectivity index (χ3v) is 3.02. The molecule has 0 heterocycles. The molecular formula is C15H25NO. The lowest BCUT2D eigenvalue weighted by Crippen LogP contribution is -2.30. The second-order valence-corrected chi connectivity index (χ2v) is 4.80. The summed E-state index contributed by atoms with van der Waals surface area (Å²) in [6.45, 7) is 5.55. The van der Waals surface area contributed by atoms with Crippen LogP contribution in [0.25, 0.3) is 0 Å². The monoisotopic (exact) mass is 235 g/mol. The van der Waals surface area contributed by atoms with Crippen molar-refractivity contribution in [1.82, 2.24) is 4.90 Å². The van der Waals surface area contributed by atoms with Gasteiger partial charge in [0.25, 0.3) is 0 Å². The maximum Gasteiger partial charge on any atom is 0.219 e. The van der Waals surface area contributed by atoms with Crippen LogP contribution < -0.4 is 0 Å². The zero-order valence-corrected chi connectivity index (χ0v) is 11.2. The van der Waals surface area contributed by atoms with E-state index >= 15 is 0 Å². The van der Waals surface area contributed by atoms with Crippen LogP contribution in [0.3, 0.4) is 0 Å². The van der Waals surface area contributed by atoms with Crippen LogP contribution in [0.5, 0.6) is 0 Å². The smallest absolute Gasteiger partial charge is 0.219 e. The molecule has 96 valence electrons. The highest BCUT2D eigenvalue weighted by atomic mass is 16.2. The Bertz CT molecular complexity index is 277. The topological polar surface area (TPSA) is 20.3 Å². The van der Waals surface area contributed by atoms with Gasteiger partial charge in [0.05, 0.1) is 0 Å². The Morgan fingerprint density at radius 1 is 1.18 bits per heavy atom. The van der Waals surface area contributed by atoms with Gasteiger partial charge in [-0.15, -0.1) is 0 Å². The molecule has 2 nitrogen and oxygen atoms in total. The van der Waals surface area contributed by atoms with Gasteiger partial charge in [-0.2, -0.15) is 0 Å². The maximum absolute atomic E-state index is 11.4. The molecular weight excluding hydrogens is 210 g/mol. The molecule has 1 aliphatic rings. The first-order valence-electron chi connectivity index (χ1n) is 6.79. The predicted octanol–water partition coefficient (Wildman–Crippen LogP) is 3.55. The summed E-state index contributed by atoms with van der Waals surface area (Å²) in [7, 11) is 0. The van der Waals surface area contributed by atoms with Gasteiger partial charge in [-0.3, -0.25) is 4.79 Å². The first-order valence-corrected chi connectivity index (χ1v) is 6.79. The van der Waals surface area contributed by atoms with Crippen molar-refractivity contribution in [2.75, 3.05) is 13.1 Å². The van der Waals surface area contributed by atoms with E-state index in [0.29, 0.717) is 0 Å². The van der Waals surface area contributed by atoms with Gasteiger partial charge in [-0.1, -0.05) is 31.2 Å². The number of amides is 1. The highest BCUT2D eigenvalue weighted by Crippen LogP contribution is 2.29. The number of hydrogen-bond donors (Lipinski definition) is 0. The molecule has 1 saturated carbocycles. The summed E-state index contributed by atoms with van der Waals surface area (Å²) in [6, 6.07) is 0. The number of hydrogen-bond acceptors (Lipinski definition) is 1. The van der Waals surface area contributed by atoms with E-state index in [9.17, 15) is 4.79 Å². The van der Waals surface area contributed by atoms with E-state index in [1.807, 2.05) is 4.90 Å². The Morgan fingerprint density at radius 2 is 1.82 bits per heavy atom. The Hall–Kier alpha value is -1.05. The average Bonchev–Trinajstić information content (AvgIpc) is 3.10. The number of rotatable bonds is 8. The van der Waals surface area contributed by atoms with Crippen LogP contribution in [0.4, 0.5) is 0 Å². The Kier molecular flexibility index (Phi) is 6.68. The molecule has 0 atom stereocenters. The molecule has 1 rings (SSSR count). The third kappa shape index (κ3) is 6.98. The summed E-state index contributed by atoms with van der Waals surface area (Å²) in [4.78, 5) is 13.3. The molecule has 1 aliphatic carbocycles. The van der Waals surface area contributed by atoms with Gasteiger partial charge in [0.2, 0.25) is 5.91 Å². The van der Waals surface area contributed by atoms with Gasteiger partial charge in [0.1, 0.15) is 0 Å². The number of carbonyl (C=O) groups is 1. The summed E-state index contributed by atoms with van der Waals surface area (Å²) >= 11 is 0. The lowest BCUT2D eigenvalue weighted by molar-refractivity contribution is -0.128. The van der Waals surface area contributed by atoms with Crippen LogP contribution >= 0.6 is 0 Å². The average molecular weight is 235 g/mol. The van der Waals surface area contributed by atoms with Crippen molar-refractivity contribution < 1.29 is 4.79 Å². The van der Waals surface area contributed by atoms with Gasteiger partial charge >= 0.3 is 0 Å². The lowest BCUT2D eigenvalue weighted by Gasteiger charge is -2.18. The zero-order valence-electron chi connectivity index (χ0n) is 11.2. The fourth-order valence-electron chi connectivity index (χ4n) is 1.74. The minimum atomic E-state index is 0.201. The van der Waals surface area contributed by atoms with Gasteiger partial charge in [0.15, 0.2) is 0 Å². The molecule has 0 radical (unpaired) electrons. The number of carbonyl (C=O) groups excluding carboxylic acids is 1. The van der Waals surface area contributed by atoms with Crippen LogP contribution in [0, 0.1) is 5.92 Å². The largest absolute Gasteiger partial charge is 0.339 e. The van der Waals surface area contributed by atoms with Gasteiger partial charge in [-0.25, -0.2) is 0 Å². The summed E-state index contributed by atoms with van der Waals surface area (Å²) in [5, 5.41) is 0. The van der Waals surface area contributed by atoms with E-state index in [1.54, 1.807) is 6.92 Å². The molecule has 0 saturated heterocycles. The van der Waals surface area contributed by atoms with Crippen molar-refractivity contribution in [3.63, 3.8) is 0 Å². The highest BCUT2D eigenvalue weighted by Gasteiger charge is 2.24. The molecule has 0 aromatic heterocycles. The van der Waals surface area contributed by atoms with E-state index < -0.39 is 0 Å². The quantitative estimate of drug-likeness (QED) is 0.465. The Morgan fingerprint density at radius 3 is 2.35 bits per heavy atom. The van der Waals surface area contributed by atoms with Crippen LogP contribution in [0.15, 0.2) is 24.3 Å². The molecule has 2 heteroatoms. The molecule has 17 heavy (non-hydrogen) atoms. The van der Waals surface area contributed by atoms with Crippen molar-refractivity contribution in [2.45, 2.75) is 46.0 Å². The fraction of sp³-hybridized carbons (Fsp3) is 0.667. The molecule has 0 N–H and O–H groups in total. The third-order valence-electron chi connectivity index (χ3n) is 3.02. The van der Waals surface area contributed by atoms with Crippen LogP contribution in [0.2, 0.25) is 0 Å². The zero-order chi connectivity index (χ0) is 12.5. The molecule has 1 amide bonds. The molecule has 0 bridgehead atoms.